The molecule has 0 aliphatic heterocycles. The quantitative estimate of drug-likeness (QED) is 0.729. The molecule has 1 heterocycles. The Hall–Kier alpha value is -0.600. The van der Waals surface area contributed by atoms with Crippen LogP contribution in [0.5, 0.6) is 0 Å². The van der Waals surface area contributed by atoms with Gasteiger partial charge in [-0.25, -0.2) is 0 Å². The van der Waals surface area contributed by atoms with Gasteiger partial charge in [0.15, 0.2) is 0 Å². The first-order chi connectivity index (χ1) is 7.20. The van der Waals surface area contributed by atoms with Crippen LogP contribution >= 0.6 is 27.5 Å². The minimum absolute atomic E-state index is 0.0121. The third-order valence-electron chi connectivity index (χ3n) is 2.38. The molecule has 0 spiro atoms. The number of halogens is 2. The van der Waals surface area contributed by atoms with Crippen LogP contribution in [-0.4, -0.2) is 4.98 Å². The predicted molar refractivity (Wildman–Crippen MR) is 68.3 cm³/mol. The normalized spacial score (nSPS) is 13.0. The minimum Gasteiger partial charge on any atom is -0.259 e. The average Bonchev–Trinajstić information content (AvgIpc) is 2.27. The van der Waals surface area contributed by atoms with Gasteiger partial charge >= 0.3 is 0 Å². The molecule has 1 aromatic heterocycles. The Balaban J connectivity index is 2.52. The lowest BCUT2D eigenvalue weighted by Crippen LogP contribution is -1.92. The zero-order valence-electron chi connectivity index (χ0n) is 8.37. The van der Waals surface area contributed by atoms with Crippen molar-refractivity contribution >= 4 is 38.3 Å². The van der Waals surface area contributed by atoms with Gasteiger partial charge in [-0.05, 0) is 30.0 Å². The smallest absolute Gasteiger partial charge is 0.0755 e. The fourth-order valence-corrected chi connectivity index (χ4v) is 2.01. The summed E-state index contributed by atoms with van der Waals surface area (Å²) in [4.78, 5) is 4.37. The van der Waals surface area contributed by atoms with E-state index in [1.807, 2.05) is 12.3 Å². The monoisotopic (exact) mass is 283 g/mol. The molecule has 0 N–H and O–H groups in total. The summed E-state index contributed by atoms with van der Waals surface area (Å²) in [6.07, 6.45) is 2.77. The summed E-state index contributed by atoms with van der Waals surface area (Å²) in [6.45, 7) is 2.06. The van der Waals surface area contributed by atoms with Crippen LogP contribution in [0.1, 0.15) is 24.4 Å². The number of alkyl halides is 1. The minimum atomic E-state index is 0.0121. The van der Waals surface area contributed by atoms with Gasteiger partial charge in [-0.2, -0.15) is 0 Å². The predicted octanol–water partition coefficient (Wildman–Crippen LogP) is 4.69. The Labute approximate surface area is 103 Å². The van der Waals surface area contributed by atoms with Crippen LogP contribution in [-0.2, 0) is 0 Å². The third kappa shape index (κ3) is 2.32. The van der Waals surface area contributed by atoms with Gasteiger partial charge in [-0.3, -0.25) is 4.98 Å². The first kappa shape index (κ1) is 10.9. The lowest BCUT2D eigenvalue weighted by molar-refractivity contribution is 0.850. The van der Waals surface area contributed by atoms with Crippen LogP contribution in [0.25, 0.3) is 10.8 Å². The maximum absolute atomic E-state index is 6.15. The van der Waals surface area contributed by atoms with Crippen LogP contribution in [0.15, 0.2) is 34.9 Å². The Morgan fingerprint density at radius 1 is 1.33 bits per heavy atom. The molecule has 3 heteroatoms. The molecule has 0 bridgehead atoms. The van der Waals surface area contributed by atoms with Gasteiger partial charge in [-0.1, -0.05) is 28.9 Å². The Morgan fingerprint density at radius 2 is 2.13 bits per heavy atom. The van der Waals surface area contributed by atoms with Crippen molar-refractivity contribution in [3.05, 3.63) is 40.6 Å². The molecule has 0 aliphatic rings. The van der Waals surface area contributed by atoms with E-state index in [1.165, 1.54) is 5.39 Å². The van der Waals surface area contributed by atoms with Crippen molar-refractivity contribution in [2.24, 2.45) is 0 Å². The van der Waals surface area contributed by atoms with E-state index in [-0.39, 0.29) is 5.38 Å². The maximum atomic E-state index is 6.15. The summed E-state index contributed by atoms with van der Waals surface area (Å²) in [5.74, 6) is 0. The zero-order chi connectivity index (χ0) is 10.8. The lowest BCUT2D eigenvalue weighted by atomic mass is 10.1. The van der Waals surface area contributed by atoms with Crippen molar-refractivity contribution in [3.63, 3.8) is 0 Å². The molecular formula is C12H11BrClN. The number of rotatable bonds is 2. The SMILES string of the molecule is CCC(Cl)c1cc2ccc(Br)cc2cn1. The fraction of sp³-hybridized carbons (Fsp3) is 0.250. The van der Waals surface area contributed by atoms with Crippen LogP contribution in [0.3, 0.4) is 0 Å². The molecule has 1 nitrogen and oxygen atoms in total. The first-order valence-corrected chi connectivity index (χ1v) is 6.13. The molecule has 0 saturated carbocycles. The Kier molecular flexibility index (Phi) is 3.27. The molecule has 0 radical (unpaired) electrons. The number of hydrogen-bond donors (Lipinski definition) is 0. The zero-order valence-corrected chi connectivity index (χ0v) is 10.7. The van der Waals surface area contributed by atoms with E-state index in [9.17, 15) is 0 Å². The summed E-state index contributed by atoms with van der Waals surface area (Å²) < 4.78 is 1.07. The van der Waals surface area contributed by atoms with Crippen LogP contribution in [0.2, 0.25) is 0 Å². The van der Waals surface area contributed by atoms with E-state index in [4.69, 9.17) is 11.6 Å². The molecule has 0 amide bonds. The topological polar surface area (TPSA) is 12.9 Å². The van der Waals surface area contributed by atoms with Crippen LogP contribution < -0.4 is 0 Å². The molecule has 1 aromatic carbocycles. The van der Waals surface area contributed by atoms with Gasteiger partial charge in [0.05, 0.1) is 11.1 Å². The molecule has 0 saturated heterocycles. The number of fused-ring (bicyclic) bond motifs is 1. The second kappa shape index (κ2) is 4.50. The lowest BCUT2D eigenvalue weighted by Gasteiger charge is -2.07. The highest BCUT2D eigenvalue weighted by Gasteiger charge is 2.07. The number of nitrogens with zero attached hydrogens (tertiary/aromatic N) is 1. The van der Waals surface area contributed by atoms with Crippen molar-refractivity contribution < 1.29 is 0 Å². The van der Waals surface area contributed by atoms with E-state index in [0.29, 0.717) is 0 Å². The van der Waals surface area contributed by atoms with Gasteiger partial charge < -0.3 is 0 Å². The van der Waals surface area contributed by atoms with E-state index in [1.54, 1.807) is 0 Å². The third-order valence-corrected chi connectivity index (χ3v) is 3.41. The largest absolute Gasteiger partial charge is 0.259 e. The highest BCUT2D eigenvalue weighted by atomic mass is 79.9. The van der Waals surface area contributed by atoms with E-state index < -0.39 is 0 Å². The van der Waals surface area contributed by atoms with Gasteiger partial charge in [0, 0.05) is 16.1 Å². The summed E-state index contributed by atoms with van der Waals surface area (Å²) in [7, 11) is 0. The van der Waals surface area contributed by atoms with Crippen molar-refractivity contribution in [1.82, 2.24) is 4.98 Å². The summed E-state index contributed by atoms with van der Waals surface area (Å²) >= 11 is 9.59. The number of aromatic nitrogens is 1. The second-order valence-electron chi connectivity index (χ2n) is 3.48. The Morgan fingerprint density at radius 3 is 2.87 bits per heavy atom. The molecule has 15 heavy (non-hydrogen) atoms. The maximum Gasteiger partial charge on any atom is 0.0755 e. The average molecular weight is 285 g/mol. The van der Waals surface area contributed by atoms with Crippen molar-refractivity contribution in [2.75, 3.05) is 0 Å². The highest BCUT2D eigenvalue weighted by molar-refractivity contribution is 9.10. The van der Waals surface area contributed by atoms with Crippen molar-refractivity contribution in [3.8, 4) is 0 Å². The molecule has 78 valence electrons. The first-order valence-electron chi connectivity index (χ1n) is 4.90. The molecular weight excluding hydrogens is 273 g/mol. The van der Waals surface area contributed by atoms with Gasteiger partial charge in [-0.15, -0.1) is 11.6 Å². The fourth-order valence-electron chi connectivity index (χ4n) is 1.51. The molecule has 0 aliphatic carbocycles. The summed E-state index contributed by atoms with van der Waals surface area (Å²) in [5.41, 5.74) is 0.953. The summed E-state index contributed by atoms with van der Waals surface area (Å²) in [5, 5.41) is 2.33. The van der Waals surface area contributed by atoms with Crippen molar-refractivity contribution in [2.45, 2.75) is 18.7 Å². The van der Waals surface area contributed by atoms with E-state index in [0.717, 1.165) is 22.0 Å². The molecule has 1 unspecified atom stereocenters. The Bertz CT molecular complexity index is 484. The van der Waals surface area contributed by atoms with Gasteiger partial charge in [0.2, 0.25) is 0 Å². The molecule has 2 rings (SSSR count). The van der Waals surface area contributed by atoms with E-state index in [2.05, 4.69) is 46.0 Å². The molecule has 2 aromatic rings. The highest BCUT2D eigenvalue weighted by Crippen LogP contribution is 2.26. The summed E-state index contributed by atoms with van der Waals surface area (Å²) in [6, 6.07) is 8.22. The number of pyridine rings is 1. The van der Waals surface area contributed by atoms with Gasteiger partial charge in [0.1, 0.15) is 0 Å². The van der Waals surface area contributed by atoms with Crippen molar-refractivity contribution in [1.29, 1.82) is 0 Å². The van der Waals surface area contributed by atoms with Crippen LogP contribution in [0, 0.1) is 0 Å². The molecule has 1 atom stereocenters. The van der Waals surface area contributed by atoms with Gasteiger partial charge in [0.25, 0.3) is 0 Å². The van der Waals surface area contributed by atoms with Crippen LogP contribution in [0.4, 0.5) is 0 Å². The molecule has 0 fully saturated rings. The number of hydrogen-bond acceptors (Lipinski definition) is 1. The number of benzene rings is 1. The standard InChI is InChI=1S/C12H11BrClN/c1-2-11(14)12-6-8-3-4-10(13)5-9(8)7-15-12/h3-7,11H,2H2,1H3. The van der Waals surface area contributed by atoms with E-state index >= 15 is 0 Å². The second-order valence-corrected chi connectivity index (χ2v) is 4.92.